The molecule has 1 rings (SSSR count). The Labute approximate surface area is 120 Å². The predicted molar refractivity (Wildman–Crippen MR) is 84.1 cm³/mol. The topological polar surface area (TPSA) is 12.0 Å². The quantitative estimate of drug-likeness (QED) is 0.715. The molecule has 0 aliphatic rings. The summed E-state index contributed by atoms with van der Waals surface area (Å²) in [5.41, 5.74) is 1.45. The molecule has 1 nitrogen and oxygen atoms in total. The summed E-state index contributed by atoms with van der Waals surface area (Å²) in [5, 5.41) is 3.49. The van der Waals surface area contributed by atoms with E-state index in [1.54, 1.807) is 0 Å². The first-order valence-electron chi connectivity index (χ1n) is 7.09. The van der Waals surface area contributed by atoms with Crippen molar-refractivity contribution < 1.29 is 0 Å². The van der Waals surface area contributed by atoms with E-state index in [4.69, 9.17) is 0 Å². The van der Waals surface area contributed by atoms with Crippen LogP contribution in [0, 0.1) is 5.92 Å². The van der Waals surface area contributed by atoms with Crippen molar-refractivity contribution in [1.82, 2.24) is 5.32 Å². The summed E-state index contributed by atoms with van der Waals surface area (Å²) in [5.74, 6) is 1.45. The van der Waals surface area contributed by atoms with E-state index < -0.39 is 0 Å². The fraction of sp³-hybridized carbons (Fsp3) is 0.625. The molecule has 0 fully saturated rings. The minimum Gasteiger partial charge on any atom is -0.316 e. The van der Waals surface area contributed by atoms with Crippen LogP contribution in [0.15, 0.2) is 28.7 Å². The van der Waals surface area contributed by atoms with Crippen molar-refractivity contribution >= 4 is 15.9 Å². The lowest BCUT2D eigenvalue weighted by Crippen LogP contribution is -2.21. The average Bonchev–Trinajstić information content (AvgIpc) is 2.33. The van der Waals surface area contributed by atoms with Gasteiger partial charge in [0, 0.05) is 11.0 Å². The first kappa shape index (κ1) is 15.7. The van der Waals surface area contributed by atoms with Crippen LogP contribution in [0.1, 0.15) is 51.5 Å². The fourth-order valence-electron chi connectivity index (χ4n) is 2.24. The standard InChI is InChI=1S/C16H26BrN/c1-4-18-12-15(9-5-7-13(2)3)14-8-6-10-16(17)11-14/h6,8,10-11,13,15,18H,4-5,7,9,12H2,1-3H3. The molecule has 0 heterocycles. The maximum atomic E-state index is 3.57. The number of hydrogen-bond acceptors (Lipinski definition) is 1. The molecule has 0 saturated carbocycles. The first-order chi connectivity index (χ1) is 8.63. The van der Waals surface area contributed by atoms with Crippen molar-refractivity contribution in [2.75, 3.05) is 13.1 Å². The number of rotatable bonds is 8. The number of halogens is 1. The van der Waals surface area contributed by atoms with Crippen LogP contribution in [-0.4, -0.2) is 13.1 Å². The smallest absolute Gasteiger partial charge is 0.0178 e. The van der Waals surface area contributed by atoms with Gasteiger partial charge in [0.25, 0.3) is 0 Å². The molecule has 1 unspecified atom stereocenters. The second kappa shape index (κ2) is 8.71. The molecule has 0 bridgehead atoms. The number of nitrogens with one attached hydrogen (secondary N) is 1. The monoisotopic (exact) mass is 311 g/mol. The molecule has 102 valence electrons. The van der Waals surface area contributed by atoms with Gasteiger partial charge in [0.1, 0.15) is 0 Å². The maximum Gasteiger partial charge on any atom is 0.0178 e. The lowest BCUT2D eigenvalue weighted by molar-refractivity contribution is 0.483. The highest BCUT2D eigenvalue weighted by Crippen LogP contribution is 2.25. The summed E-state index contributed by atoms with van der Waals surface area (Å²) >= 11 is 3.57. The maximum absolute atomic E-state index is 3.57. The van der Waals surface area contributed by atoms with Gasteiger partial charge in [-0.3, -0.25) is 0 Å². The van der Waals surface area contributed by atoms with Crippen molar-refractivity contribution in [2.45, 2.75) is 46.0 Å². The molecular weight excluding hydrogens is 286 g/mol. The van der Waals surface area contributed by atoms with Crippen LogP contribution in [0.5, 0.6) is 0 Å². The Balaban J connectivity index is 2.59. The highest BCUT2D eigenvalue weighted by molar-refractivity contribution is 9.10. The van der Waals surface area contributed by atoms with E-state index in [0.29, 0.717) is 5.92 Å². The van der Waals surface area contributed by atoms with Gasteiger partial charge in [-0.2, -0.15) is 0 Å². The molecule has 0 aliphatic carbocycles. The molecule has 0 aliphatic heterocycles. The van der Waals surface area contributed by atoms with Crippen LogP contribution in [-0.2, 0) is 0 Å². The van der Waals surface area contributed by atoms with E-state index in [1.807, 2.05) is 0 Å². The average molecular weight is 312 g/mol. The molecule has 18 heavy (non-hydrogen) atoms. The van der Waals surface area contributed by atoms with Crippen LogP contribution in [0.4, 0.5) is 0 Å². The van der Waals surface area contributed by atoms with Gasteiger partial charge in [-0.05, 0) is 42.5 Å². The SMILES string of the molecule is CCNCC(CCCC(C)C)c1cccc(Br)c1. The number of hydrogen-bond donors (Lipinski definition) is 1. The van der Waals surface area contributed by atoms with Gasteiger partial charge in [-0.1, -0.05) is 61.7 Å². The molecule has 2 heteroatoms. The fourth-order valence-corrected chi connectivity index (χ4v) is 2.66. The number of likely N-dealkylation sites (N-methyl/N-ethyl adjacent to an activating group) is 1. The van der Waals surface area contributed by atoms with E-state index in [-0.39, 0.29) is 0 Å². The van der Waals surface area contributed by atoms with Gasteiger partial charge < -0.3 is 5.32 Å². The Morgan fingerprint density at radius 2 is 2.00 bits per heavy atom. The third-order valence-electron chi connectivity index (χ3n) is 3.29. The molecule has 1 N–H and O–H groups in total. The van der Waals surface area contributed by atoms with Gasteiger partial charge in [0.05, 0.1) is 0 Å². The van der Waals surface area contributed by atoms with Crippen LogP contribution in [0.25, 0.3) is 0 Å². The van der Waals surface area contributed by atoms with Crippen molar-refractivity contribution in [3.05, 3.63) is 34.3 Å². The second-order valence-electron chi connectivity index (χ2n) is 5.38. The third-order valence-corrected chi connectivity index (χ3v) is 3.79. The van der Waals surface area contributed by atoms with Crippen LogP contribution in [0.3, 0.4) is 0 Å². The Morgan fingerprint density at radius 3 is 2.61 bits per heavy atom. The summed E-state index contributed by atoms with van der Waals surface area (Å²) in [6, 6.07) is 8.75. The van der Waals surface area contributed by atoms with Crippen LogP contribution < -0.4 is 5.32 Å². The van der Waals surface area contributed by atoms with Gasteiger partial charge in [0.2, 0.25) is 0 Å². The molecule has 0 saturated heterocycles. The van der Waals surface area contributed by atoms with Crippen molar-refractivity contribution in [2.24, 2.45) is 5.92 Å². The first-order valence-corrected chi connectivity index (χ1v) is 7.89. The molecule has 1 aromatic rings. The van der Waals surface area contributed by atoms with E-state index in [1.165, 1.54) is 29.3 Å². The summed E-state index contributed by atoms with van der Waals surface area (Å²) in [7, 11) is 0. The van der Waals surface area contributed by atoms with Crippen LogP contribution >= 0.6 is 15.9 Å². The molecule has 1 aromatic carbocycles. The largest absolute Gasteiger partial charge is 0.316 e. The molecule has 1 atom stereocenters. The summed E-state index contributed by atoms with van der Waals surface area (Å²) in [6.07, 6.45) is 3.93. The zero-order valence-electron chi connectivity index (χ0n) is 11.9. The Morgan fingerprint density at radius 1 is 1.22 bits per heavy atom. The third kappa shape index (κ3) is 6.01. The van der Waals surface area contributed by atoms with Gasteiger partial charge in [0.15, 0.2) is 0 Å². The highest BCUT2D eigenvalue weighted by Gasteiger charge is 2.11. The highest BCUT2D eigenvalue weighted by atomic mass is 79.9. The van der Waals surface area contributed by atoms with E-state index in [9.17, 15) is 0 Å². The van der Waals surface area contributed by atoms with Gasteiger partial charge in [-0.15, -0.1) is 0 Å². The zero-order chi connectivity index (χ0) is 13.4. The number of benzene rings is 1. The van der Waals surface area contributed by atoms with Crippen molar-refractivity contribution in [3.8, 4) is 0 Å². The molecule has 0 spiro atoms. The predicted octanol–water partition coefficient (Wildman–Crippen LogP) is 4.97. The molecule has 0 aromatic heterocycles. The lowest BCUT2D eigenvalue weighted by Gasteiger charge is -2.18. The minimum atomic E-state index is 0.640. The van der Waals surface area contributed by atoms with Crippen LogP contribution in [0.2, 0.25) is 0 Å². The summed E-state index contributed by atoms with van der Waals surface area (Å²) in [6.45, 7) is 8.92. The summed E-state index contributed by atoms with van der Waals surface area (Å²) < 4.78 is 1.19. The van der Waals surface area contributed by atoms with E-state index in [0.717, 1.165) is 19.0 Å². The Hall–Kier alpha value is -0.340. The zero-order valence-corrected chi connectivity index (χ0v) is 13.5. The summed E-state index contributed by atoms with van der Waals surface area (Å²) in [4.78, 5) is 0. The minimum absolute atomic E-state index is 0.640. The van der Waals surface area contributed by atoms with Gasteiger partial charge in [-0.25, -0.2) is 0 Å². The van der Waals surface area contributed by atoms with Crippen molar-refractivity contribution in [3.63, 3.8) is 0 Å². The Kier molecular flexibility index (Phi) is 7.60. The molecule has 0 radical (unpaired) electrons. The van der Waals surface area contributed by atoms with Crippen molar-refractivity contribution in [1.29, 1.82) is 0 Å². The normalized spacial score (nSPS) is 12.9. The second-order valence-corrected chi connectivity index (χ2v) is 6.30. The van der Waals surface area contributed by atoms with E-state index in [2.05, 4.69) is 66.3 Å². The molecule has 0 amide bonds. The lowest BCUT2D eigenvalue weighted by atomic mass is 9.92. The molecular formula is C16H26BrN. The van der Waals surface area contributed by atoms with E-state index >= 15 is 0 Å². The Bertz CT molecular complexity index is 336. The van der Waals surface area contributed by atoms with Gasteiger partial charge >= 0.3 is 0 Å².